The Bertz CT molecular complexity index is 1430. The van der Waals surface area contributed by atoms with Crippen LogP contribution in [0.15, 0.2) is 47.3 Å². The molecule has 5 rings (SSSR count). The molecule has 38 heavy (non-hydrogen) atoms. The van der Waals surface area contributed by atoms with Crippen LogP contribution >= 0.6 is 0 Å². The molecule has 2 aromatic heterocycles. The molecule has 0 bridgehead atoms. The Balaban J connectivity index is 1.44. The summed E-state index contributed by atoms with van der Waals surface area (Å²) in [6.45, 7) is 2.80. The van der Waals surface area contributed by atoms with Crippen LogP contribution in [0.2, 0.25) is 0 Å². The zero-order valence-electron chi connectivity index (χ0n) is 21.8. The van der Waals surface area contributed by atoms with Crippen molar-refractivity contribution in [3.05, 3.63) is 69.8 Å². The maximum absolute atomic E-state index is 13.1. The van der Waals surface area contributed by atoms with Crippen molar-refractivity contribution in [2.75, 3.05) is 27.9 Å². The highest BCUT2D eigenvalue weighted by atomic mass is 16.5. The predicted molar refractivity (Wildman–Crippen MR) is 140 cm³/mol. The molecule has 0 amide bonds. The van der Waals surface area contributed by atoms with E-state index in [0.29, 0.717) is 48.8 Å². The number of fused-ring (bicyclic) bond motifs is 1. The summed E-state index contributed by atoms with van der Waals surface area (Å²) < 4.78 is 23.7. The lowest BCUT2D eigenvalue weighted by Crippen LogP contribution is -2.29. The molecule has 1 aliphatic rings. The number of aromatic nitrogens is 5. The molecule has 11 nitrogen and oxygen atoms in total. The van der Waals surface area contributed by atoms with E-state index in [4.69, 9.17) is 18.9 Å². The summed E-state index contributed by atoms with van der Waals surface area (Å²) >= 11 is 0. The number of pyridine rings is 1. The van der Waals surface area contributed by atoms with Gasteiger partial charge in [-0.05, 0) is 53.1 Å². The number of nitrogens with zero attached hydrogens (tertiary/aromatic N) is 5. The Hall–Kier alpha value is -3.96. The van der Waals surface area contributed by atoms with E-state index in [9.17, 15) is 4.79 Å². The highest BCUT2D eigenvalue weighted by Gasteiger charge is 2.21. The van der Waals surface area contributed by atoms with Gasteiger partial charge >= 0.3 is 0 Å². The second-order valence-electron chi connectivity index (χ2n) is 9.32. The van der Waals surface area contributed by atoms with Crippen molar-refractivity contribution in [1.29, 1.82) is 0 Å². The van der Waals surface area contributed by atoms with Crippen LogP contribution in [0.4, 0.5) is 0 Å². The van der Waals surface area contributed by atoms with Crippen LogP contribution < -0.4 is 19.8 Å². The van der Waals surface area contributed by atoms with Gasteiger partial charge in [-0.2, -0.15) is 0 Å². The molecular weight excluding hydrogens is 488 g/mol. The lowest BCUT2D eigenvalue weighted by Gasteiger charge is -2.22. The van der Waals surface area contributed by atoms with E-state index in [1.807, 2.05) is 36.4 Å². The van der Waals surface area contributed by atoms with Gasteiger partial charge in [0.2, 0.25) is 0 Å². The second kappa shape index (κ2) is 11.6. The molecule has 11 heteroatoms. The monoisotopic (exact) mass is 520 g/mol. The van der Waals surface area contributed by atoms with Crippen LogP contribution in [0.1, 0.15) is 29.8 Å². The molecule has 2 aromatic carbocycles. The standard InChI is InChI=1S/C27H32N6O5/c1-35-21-8-6-18(7-9-21)14-32(17-26-29-30-31-33(26)16-22-5-4-10-38-22)15-20-11-19-12-24(36-2)25(37-3)13-23(19)28-27(20)34/h6-9,11-13,22H,4-5,10,14-17H2,1-3H3,(H,28,34)/t22-/m1/s1. The van der Waals surface area contributed by atoms with Gasteiger partial charge < -0.3 is 23.9 Å². The number of H-pyrrole nitrogens is 1. The lowest BCUT2D eigenvalue weighted by atomic mass is 10.1. The van der Waals surface area contributed by atoms with Crippen LogP contribution in [-0.4, -0.2) is 64.1 Å². The summed E-state index contributed by atoms with van der Waals surface area (Å²) in [6.07, 6.45) is 2.16. The second-order valence-corrected chi connectivity index (χ2v) is 9.32. The molecule has 1 N–H and O–H groups in total. The summed E-state index contributed by atoms with van der Waals surface area (Å²) in [5.41, 5.74) is 2.21. The molecule has 1 saturated heterocycles. The lowest BCUT2D eigenvalue weighted by molar-refractivity contribution is 0.0914. The molecule has 200 valence electrons. The molecule has 0 radical (unpaired) electrons. The highest BCUT2D eigenvalue weighted by molar-refractivity contribution is 5.83. The van der Waals surface area contributed by atoms with E-state index in [1.165, 1.54) is 0 Å². The maximum Gasteiger partial charge on any atom is 0.252 e. The minimum Gasteiger partial charge on any atom is -0.497 e. The van der Waals surface area contributed by atoms with Crippen LogP contribution in [-0.2, 0) is 30.9 Å². The van der Waals surface area contributed by atoms with Crippen molar-refractivity contribution in [1.82, 2.24) is 30.1 Å². The number of tetrazole rings is 1. The first-order chi connectivity index (χ1) is 18.6. The number of rotatable bonds is 11. The van der Waals surface area contributed by atoms with Gasteiger partial charge in [0.1, 0.15) is 5.75 Å². The van der Waals surface area contributed by atoms with Crippen molar-refractivity contribution < 1.29 is 18.9 Å². The van der Waals surface area contributed by atoms with Crippen LogP contribution in [0.5, 0.6) is 17.2 Å². The average Bonchev–Trinajstić information content (AvgIpc) is 3.61. The van der Waals surface area contributed by atoms with E-state index in [1.54, 1.807) is 32.1 Å². The van der Waals surface area contributed by atoms with Crippen molar-refractivity contribution in [2.45, 2.75) is 45.1 Å². The zero-order valence-corrected chi connectivity index (χ0v) is 21.8. The van der Waals surface area contributed by atoms with Crippen LogP contribution in [0.25, 0.3) is 10.9 Å². The van der Waals surface area contributed by atoms with Crippen molar-refractivity contribution in [2.24, 2.45) is 0 Å². The quantitative estimate of drug-likeness (QED) is 0.319. The largest absolute Gasteiger partial charge is 0.497 e. The maximum atomic E-state index is 13.1. The average molecular weight is 521 g/mol. The Morgan fingerprint density at radius 3 is 2.53 bits per heavy atom. The minimum absolute atomic E-state index is 0.114. The fourth-order valence-corrected chi connectivity index (χ4v) is 4.75. The summed E-state index contributed by atoms with van der Waals surface area (Å²) in [4.78, 5) is 18.3. The van der Waals surface area contributed by atoms with E-state index < -0.39 is 0 Å². The van der Waals surface area contributed by atoms with Crippen molar-refractivity contribution >= 4 is 10.9 Å². The topological polar surface area (TPSA) is 117 Å². The van der Waals surface area contributed by atoms with E-state index in [2.05, 4.69) is 25.4 Å². The van der Waals surface area contributed by atoms with Crippen molar-refractivity contribution in [3.8, 4) is 17.2 Å². The van der Waals surface area contributed by atoms with Gasteiger partial charge in [-0.3, -0.25) is 9.69 Å². The van der Waals surface area contributed by atoms with Gasteiger partial charge in [-0.15, -0.1) is 5.10 Å². The van der Waals surface area contributed by atoms with Crippen LogP contribution in [0.3, 0.4) is 0 Å². The molecule has 1 aliphatic heterocycles. The minimum atomic E-state index is -0.164. The number of hydrogen-bond acceptors (Lipinski definition) is 9. The number of hydrogen-bond donors (Lipinski definition) is 1. The normalized spacial score (nSPS) is 15.3. The number of ether oxygens (including phenoxy) is 4. The first-order valence-electron chi connectivity index (χ1n) is 12.6. The third-order valence-electron chi connectivity index (χ3n) is 6.76. The molecule has 0 unspecified atom stereocenters. The zero-order chi connectivity index (χ0) is 26.5. The Kier molecular flexibility index (Phi) is 7.85. The number of aromatic amines is 1. The summed E-state index contributed by atoms with van der Waals surface area (Å²) in [7, 11) is 4.80. The van der Waals surface area contributed by atoms with Gasteiger partial charge in [0.25, 0.3) is 5.56 Å². The molecule has 0 aliphatic carbocycles. The molecule has 1 atom stereocenters. The van der Waals surface area contributed by atoms with Gasteiger partial charge in [-0.25, -0.2) is 4.68 Å². The van der Waals surface area contributed by atoms with Crippen LogP contribution in [0, 0.1) is 0 Å². The first-order valence-corrected chi connectivity index (χ1v) is 12.6. The number of benzene rings is 2. The molecule has 1 fully saturated rings. The van der Waals surface area contributed by atoms with E-state index in [-0.39, 0.29) is 11.7 Å². The first kappa shape index (κ1) is 25.7. The summed E-state index contributed by atoms with van der Waals surface area (Å²) in [5.74, 6) is 2.66. The van der Waals surface area contributed by atoms with E-state index >= 15 is 0 Å². The third kappa shape index (κ3) is 5.79. The van der Waals surface area contributed by atoms with Gasteiger partial charge in [0.05, 0.1) is 46.0 Å². The Labute approximate surface area is 220 Å². The molecule has 0 spiro atoms. The fourth-order valence-electron chi connectivity index (χ4n) is 4.75. The summed E-state index contributed by atoms with van der Waals surface area (Å²) in [6, 6.07) is 13.4. The highest BCUT2D eigenvalue weighted by Crippen LogP contribution is 2.31. The molecule has 3 heterocycles. The smallest absolute Gasteiger partial charge is 0.252 e. The van der Waals surface area contributed by atoms with Crippen molar-refractivity contribution in [3.63, 3.8) is 0 Å². The fraction of sp³-hybridized carbons (Fsp3) is 0.407. The predicted octanol–water partition coefficient (Wildman–Crippen LogP) is 2.92. The SMILES string of the molecule is COc1ccc(CN(Cc2cc3cc(OC)c(OC)cc3[nH]c2=O)Cc2nnnn2C[C@H]2CCCO2)cc1. The number of nitrogens with one attached hydrogen (secondary N) is 1. The molecule has 0 saturated carbocycles. The Morgan fingerprint density at radius 1 is 1.03 bits per heavy atom. The summed E-state index contributed by atoms with van der Waals surface area (Å²) in [5, 5.41) is 13.3. The Morgan fingerprint density at radius 2 is 1.82 bits per heavy atom. The van der Waals surface area contributed by atoms with Gasteiger partial charge in [0.15, 0.2) is 17.3 Å². The number of methoxy groups -OCH3 is 3. The molecule has 4 aromatic rings. The third-order valence-corrected chi connectivity index (χ3v) is 6.76. The molecular formula is C27H32N6O5. The van der Waals surface area contributed by atoms with E-state index in [0.717, 1.165) is 42.0 Å². The van der Waals surface area contributed by atoms with Gasteiger partial charge in [-0.1, -0.05) is 12.1 Å². The van der Waals surface area contributed by atoms with Gasteiger partial charge in [0, 0.05) is 36.7 Å².